The lowest BCUT2D eigenvalue weighted by Crippen LogP contribution is -2.27. The molecule has 0 saturated heterocycles. The van der Waals surface area contributed by atoms with Crippen LogP contribution in [0.25, 0.3) is 0 Å². The van der Waals surface area contributed by atoms with E-state index in [-0.39, 0.29) is 0 Å². The number of unbranched alkanes of at least 4 members (excludes halogenated alkanes) is 8. The van der Waals surface area contributed by atoms with Crippen molar-refractivity contribution in [2.45, 2.75) is 105 Å². The summed E-state index contributed by atoms with van der Waals surface area (Å²) < 4.78 is 0. The summed E-state index contributed by atoms with van der Waals surface area (Å²) >= 11 is 0. The second-order valence-corrected chi connectivity index (χ2v) is 7.21. The number of hydrogen-bond donors (Lipinski definition) is 0. The van der Waals surface area contributed by atoms with Gasteiger partial charge < -0.3 is 4.90 Å². The minimum Gasteiger partial charge on any atom is -0.303 e. The Labute approximate surface area is 135 Å². The molecular formula is C20H43N. The molecule has 0 aromatic carbocycles. The van der Waals surface area contributed by atoms with Crippen molar-refractivity contribution < 1.29 is 0 Å². The van der Waals surface area contributed by atoms with Crippen LogP contribution in [-0.2, 0) is 0 Å². The van der Waals surface area contributed by atoms with E-state index in [1.54, 1.807) is 0 Å². The first-order chi connectivity index (χ1) is 10.2. The Morgan fingerprint density at radius 3 is 1.48 bits per heavy atom. The van der Waals surface area contributed by atoms with Gasteiger partial charge in [0, 0.05) is 0 Å². The summed E-state index contributed by atoms with van der Waals surface area (Å²) in [6, 6.07) is 0. The second kappa shape index (κ2) is 16.3. The van der Waals surface area contributed by atoms with Crippen molar-refractivity contribution in [2.75, 3.05) is 19.6 Å². The van der Waals surface area contributed by atoms with Gasteiger partial charge in [-0.2, -0.15) is 0 Å². The average Bonchev–Trinajstić information content (AvgIpc) is 2.47. The molecule has 0 N–H and O–H groups in total. The quantitative estimate of drug-likeness (QED) is 0.288. The second-order valence-electron chi connectivity index (χ2n) is 7.21. The lowest BCUT2D eigenvalue weighted by molar-refractivity contribution is 0.259. The Morgan fingerprint density at radius 2 is 1.00 bits per heavy atom. The van der Waals surface area contributed by atoms with Crippen LogP contribution in [0.5, 0.6) is 0 Å². The fraction of sp³-hybridized carbons (Fsp3) is 1.00. The van der Waals surface area contributed by atoms with Crippen molar-refractivity contribution in [2.24, 2.45) is 5.92 Å². The monoisotopic (exact) mass is 297 g/mol. The third-order valence-electron chi connectivity index (χ3n) is 4.41. The first-order valence-corrected chi connectivity index (χ1v) is 9.93. The molecular weight excluding hydrogens is 254 g/mol. The zero-order valence-corrected chi connectivity index (χ0v) is 15.6. The topological polar surface area (TPSA) is 3.24 Å². The van der Waals surface area contributed by atoms with Crippen LogP contribution >= 0.6 is 0 Å². The predicted molar refractivity (Wildman–Crippen MR) is 98.0 cm³/mol. The van der Waals surface area contributed by atoms with Crippen LogP contribution in [0.4, 0.5) is 0 Å². The Balaban J connectivity index is 3.39. The fourth-order valence-corrected chi connectivity index (χ4v) is 2.87. The molecule has 1 nitrogen and oxygen atoms in total. The maximum Gasteiger partial charge on any atom is -0.00187 e. The summed E-state index contributed by atoms with van der Waals surface area (Å²) in [5.74, 6) is 0.891. The summed E-state index contributed by atoms with van der Waals surface area (Å²) in [4.78, 5) is 2.70. The first kappa shape index (κ1) is 21.0. The highest BCUT2D eigenvalue weighted by Crippen LogP contribution is 2.12. The number of nitrogens with zero attached hydrogens (tertiary/aromatic N) is 1. The van der Waals surface area contributed by atoms with Crippen molar-refractivity contribution in [3.8, 4) is 0 Å². The third kappa shape index (κ3) is 16.2. The summed E-state index contributed by atoms with van der Waals surface area (Å²) in [7, 11) is 0. The highest BCUT2D eigenvalue weighted by molar-refractivity contribution is 4.58. The normalized spacial score (nSPS) is 11.7. The van der Waals surface area contributed by atoms with E-state index in [1.165, 1.54) is 96.7 Å². The van der Waals surface area contributed by atoms with E-state index < -0.39 is 0 Å². The fourth-order valence-electron chi connectivity index (χ4n) is 2.87. The van der Waals surface area contributed by atoms with E-state index in [4.69, 9.17) is 0 Å². The number of hydrogen-bond acceptors (Lipinski definition) is 1. The van der Waals surface area contributed by atoms with Gasteiger partial charge in [-0.05, 0) is 44.8 Å². The molecule has 21 heavy (non-hydrogen) atoms. The highest BCUT2D eigenvalue weighted by Gasteiger charge is 2.03. The molecule has 0 saturated carbocycles. The SMILES string of the molecule is CCCCN(CCCC)CCCCCCCCCC(C)C. The van der Waals surface area contributed by atoms with Gasteiger partial charge >= 0.3 is 0 Å². The predicted octanol–water partition coefficient (Wildman–Crippen LogP) is 6.67. The molecule has 1 heteroatoms. The van der Waals surface area contributed by atoms with Crippen molar-refractivity contribution in [1.82, 2.24) is 4.90 Å². The summed E-state index contributed by atoms with van der Waals surface area (Å²) in [6.45, 7) is 13.3. The van der Waals surface area contributed by atoms with Gasteiger partial charge in [-0.1, -0.05) is 85.5 Å². The van der Waals surface area contributed by atoms with Gasteiger partial charge in [0.2, 0.25) is 0 Å². The van der Waals surface area contributed by atoms with Crippen molar-refractivity contribution in [1.29, 1.82) is 0 Å². The molecule has 0 aromatic heterocycles. The standard InChI is InChI=1S/C20H43N/c1-5-7-17-21(18-8-6-2)19-15-13-11-9-10-12-14-16-20(3)4/h20H,5-19H2,1-4H3. The molecule has 0 heterocycles. The molecule has 0 rings (SSSR count). The lowest BCUT2D eigenvalue weighted by Gasteiger charge is -2.21. The summed E-state index contributed by atoms with van der Waals surface area (Å²) in [5, 5.41) is 0. The molecule has 0 amide bonds. The molecule has 0 aliphatic rings. The highest BCUT2D eigenvalue weighted by atomic mass is 15.1. The van der Waals surface area contributed by atoms with Gasteiger partial charge in [0.15, 0.2) is 0 Å². The largest absolute Gasteiger partial charge is 0.303 e. The Bertz CT molecular complexity index is 180. The van der Waals surface area contributed by atoms with Crippen LogP contribution in [0.15, 0.2) is 0 Å². The molecule has 0 radical (unpaired) electrons. The number of rotatable bonds is 16. The van der Waals surface area contributed by atoms with Crippen molar-refractivity contribution in [3.63, 3.8) is 0 Å². The van der Waals surface area contributed by atoms with Gasteiger partial charge in [-0.15, -0.1) is 0 Å². The molecule has 0 bridgehead atoms. The Kier molecular flexibility index (Phi) is 16.3. The summed E-state index contributed by atoms with van der Waals surface area (Å²) in [6.07, 6.45) is 17.0. The van der Waals surface area contributed by atoms with Gasteiger partial charge in [0.25, 0.3) is 0 Å². The van der Waals surface area contributed by atoms with E-state index in [1.807, 2.05) is 0 Å². The zero-order chi connectivity index (χ0) is 15.8. The molecule has 0 unspecified atom stereocenters. The molecule has 128 valence electrons. The maximum atomic E-state index is 2.70. The maximum absolute atomic E-state index is 2.70. The minimum atomic E-state index is 0.891. The molecule has 0 atom stereocenters. The molecule has 0 aliphatic heterocycles. The smallest absolute Gasteiger partial charge is 0.00187 e. The van der Waals surface area contributed by atoms with Gasteiger partial charge in [0.1, 0.15) is 0 Å². The van der Waals surface area contributed by atoms with E-state index in [0.29, 0.717) is 0 Å². The van der Waals surface area contributed by atoms with Crippen LogP contribution in [-0.4, -0.2) is 24.5 Å². The Hall–Kier alpha value is -0.0400. The van der Waals surface area contributed by atoms with Crippen molar-refractivity contribution >= 4 is 0 Å². The average molecular weight is 298 g/mol. The van der Waals surface area contributed by atoms with E-state index >= 15 is 0 Å². The van der Waals surface area contributed by atoms with Crippen LogP contribution in [0, 0.1) is 5.92 Å². The van der Waals surface area contributed by atoms with Gasteiger partial charge in [-0.25, -0.2) is 0 Å². The van der Waals surface area contributed by atoms with Crippen LogP contribution in [0.2, 0.25) is 0 Å². The molecule has 0 fully saturated rings. The first-order valence-electron chi connectivity index (χ1n) is 9.93. The van der Waals surface area contributed by atoms with E-state index in [0.717, 1.165) is 5.92 Å². The minimum absolute atomic E-state index is 0.891. The van der Waals surface area contributed by atoms with E-state index in [9.17, 15) is 0 Å². The van der Waals surface area contributed by atoms with Crippen LogP contribution in [0.3, 0.4) is 0 Å². The van der Waals surface area contributed by atoms with E-state index in [2.05, 4.69) is 32.6 Å². The van der Waals surface area contributed by atoms with Gasteiger partial charge in [-0.3, -0.25) is 0 Å². The molecule has 0 aliphatic carbocycles. The Morgan fingerprint density at radius 1 is 0.571 bits per heavy atom. The molecule has 0 spiro atoms. The molecule has 0 aromatic rings. The summed E-state index contributed by atoms with van der Waals surface area (Å²) in [5.41, 5.74) is 0. The zero-order valence-electron chi connectivity index (χ0n) is 15.6. The third-order valence-corrected chi connectivity index (χ3v) is 4.41. The lowest BCUT2D eigenvalue weighted by atomic mass is 10.0. The van der Waals surface area contributed by atoms with Gasteiger partial charge in [0.05, 0.1) is 0 Å². The van der Waals surface area contributed by atoms with Crippen molar-refractivity contribution in [3.05, 3.63) is 0 Å². The van der Waals surface area contributed by atoms with Crippen LogP contribution < -0.4 is 0 Å². The van der Waals surface area contributed by atoms with Crippen LogP contribution in [0.1, 0.15) is 105 Å².